The molecule has 0 radical (unpaired) electrons. The number of sulfonamides is 1. The highest BCUT2D eigenvalue weighted by Crippen LogP contribution is 2.45. The van der Waals surface area contributed by atoms with E-state index in [1.165, 1.54) is 6.92 Å². The number of carbonyl (C=O) groups excluding carboxylic acids is 1. The normalized spacial score (nSPS) is 20.2. The standard InChI is InChI=1S/C7H13NO3S/c1-3-7(4-5-7)12(10,11)8-6(2)9/h3-5H2,1-2H3,(H,8,9). The minimum absolute atomic E-state index is 0.505. The van der Waals surface area contributed by atoms with Crippen LogP contribution in [0.15, 0.2) is 0 Å². The molecule has 0 saturated heterocycles. The summed E-state index contributed by atoms with van der Waals surface area (Å²) in [5.41, 5.74) is 0. The maximum Gasteiger partial charge on any atom is 0.240 e. The third-order valence-electron chi connectivity index (χ3n) is 2.30. The summed E-state index contributed by atoms with van der Waals surface area (Å²) in [5, 5.41) is 0. The minimum Gasteiger partial charge on any atom is -0.274 e. The Labute approximate surface area is 72.4 Å². The molecule has 70 valence electrons. The van der Waals surface area contributed by atoms with E-state index in [9.17, 15) is 13.2 Å². The Kier molecular flexibility index (Phi) is 2.16. The summed E-state index contributed by atoms with van der Waals surface area (Å²) in [6.45, 7) is 3.04. The van der Waals surface area contributed by atoms with Crippen molar-refractivity contribution >= 4 is 15.9 Å². The van der Waals surface area contributed by atoms with Gasteiger partial charge in [0.05, 0.1) is 4.75 Å². The van der Waals surface area contributed by atoms with Gasteiger partial charge >= 0.3 is 0 Å². The molecule has 1 aliphatic carbocycles. The predicted octanol–water partition coefficient (Wildman–Crippen LogP) is 0.395. The van der Waals surface area contributed by atoms with E-state index in [2.05, 4.69) is 0 Å². The molecule has 4 nitrogen and oxygen atoms in total. The van der Waals surface area contributed by atoms with E-state index >= 15 is 0 Å². The molecule has 0 aromatic heterocycles. The lowest BCUT2D eigenvalue weighted by Gasteiger charge is -2.13. The van der Waals surface area contributed by atoms with Crippen molar-refractivity contribution in [3.63, 3.8) is 0 Å². The third kappa shape index (κ3) is 1.46. The van der Waals surface area contributed by atoms with Crippen LogP contribution in [0.2, 0.25) is 0 Å². The summed E-state index contributed by atoms with van der Waals surface area (Å²) in [6.07, 6.45) is 1.92. The van der Waals surface area contributed by atoms with Crippen molar-refractivity contribution in [1.82, 2.24) is 4.72 Å². The molecule has 12 heavy (non-hydrogen) atoms. The van der Waals surface area contributed by atoms with Gasteiger partial charge < -0.3 is 0 Å². The number of carbonyl (C=O) groups is 1. The maximum atomic E-state index is 11.4. The molecule has 1 fully saturated rings. The van der Waals surface area contributed by atoms with E-state index in [0.29, 0.717) is 19.3 Å². The van der Waals surface area contributed by atoms with Gasteiger partial charge in [0.2, 0.25) is 15.9 Å². The highest BCUT2D eigenvalue weighted by molar-refractivity contribution is 7.91. The Morgan fingerprint density at radius 2 is 2.00 bits per heavy atom. The summed E-state index contributed by atoms with van der Waals surface area (Å²) in [6, 6.07) is 0. The molecular formula is C7H13NO3S. The van der Waals surface area contributed by atoms with E-state index in [1.54, 1.807) is 0 Å². The van der Waals surface area contributed by atoms with Gasteiger partial charge in [0.15, 0.2) is 0 Å². The molecule has 0 unspecified atom stereocenters. The van der Waals surface area contributed by atoms with Gasteiger partial charge in [-0.2, -0.15) is 0 Å². The van der Waals surface area contributed by atoms with Gasteiger partial charge in [-0.25, -0.2) is 8.42 Å². The Morgan fingerprint density at radius 3 is 2.25 bits per heavy atom. The Balaban J connectivity index is 2.79. The van der Waals surface area contributed by atoms with E-state index in [1.807, 2.05) is 11.6 Å². The summed E-state index contributed by atoms with van der Waals surface area (Å²) >= 11 is 0. The summed E-state index contributed by atoms with van der Waals surface area (Å²) < 4.78 is 24.2. The van der Waals surface area contributed by atoms with Gasteiger partial charge in [0, 0.05) is 6.92 Å². The SMILES string of the molecule is CCC1(S(=O)(=O)NC(C)=O)CC1. The molecule has 1 amide bonds. The van der Waals surface area contributed by atoms with Crippen LogP contribution in [0.25, 0.3) is 0 Å². The van der Waals surface area contributed by atoms with Gasteiger partial charge in [0.25, 0.3) is 0 Å². The van der Waals surface area contributed by atoms with E-state index in [0.717, 1.165) is 0 Å². The zero-order chi connectivity index (χ0) is 9.41. The van der Waals surface area contributed by atoms with Gasteiger partial charge in [-0.05, 0) is 19.3 Å². The van der Waals surface area contributed by atoms with Crippen LogP contribution in [-0.4, -0.2) is 19.1 Å². The van der Waals surface area contributed by atoms with Crippen LogP contribution in [0.1, 0.15) is 33.1 Å². The summed E-state index contributed by atoms with van der Waals surface area (Å²) in [5.74, 6) is -0.505. The van der Waals surface area contributed by atoms with Crippen molar-refractivity contribution < 1.29 is 13.2 Å². The molecule has 0 spiro atoms. The molecule has 0 aromatic carbocycles. The van der Waals surface area contributed by atoms with Crippen molar-refractivity contribution in [2.75, 3.05) is 0 Å². The van der Waals surface area contributed by atoms with Gasteiger partial charge in [-0.1, -0.05) is 6.92 Å². The average molecular weight is 191 g/mol. The maximum absolute atomic E-state index is 11.4. The monoisotopic (exact) mass is 191 g/mol. The number of rotatable bonds is 3. The van der Waals surface area contributed by atoms with Crippen LogP contribution in [0.4, 0.5) is 0 Å². The highest BCUT2D eigenvalue weighted by atomic mass is 32.2. The molecule has 5 heteroatoms. The molecule has 0 aromatic rings. The van der Waals surface area contributed by atoms with Crippen LogP contribution < -0.4 is 4.72 Å². The Morgan fingerprint density at radius 1 is 1.50 bits per heavy atom. The molecule has 0 heterocycles. The fourth-order valence-corrected chi connectivity index (χ4v) is 2.86. The first kappa shape index (κ1) is 9.51. The number of hydrogen-bond acceptors (Lipinski definition) is 3. The van der Waals surface area contributed by atoms with Crippen LogP contribution in [-0.2, 0) is 14.8 Å². The van der Waals surface area contributed by atoms with E-state index in [4.69, 9.17) is 0 Å². The van der Waals surface area contributed by atoms with Crippen LogP contribution in [0.3, 0.4) is 0 Å². The number of amides is 1. The lowest BCUT2D eigenvalue weighted by Crippen LogP contribution is -2.38. The molecule has 0 bridgehead atoms. The molecule has 1 rings (SSSR count). The van der Waals surface area contributed by atoms with E-state index < -0.39 is 20.7 Å². The molecule has 1 aliphatic rings. The van der Waals surface area contributed by atoms with Crippen LogP contribution in [0, 0.1) is 0 Å². The average Bonchev–Trinajstić information content (AvgIpc) is 2.62. The summed E-state index contributed by atoms with van der Waals surface area (Å²) in [4.78, 5) is 10.6. The Bertz CT molecular complexity index is 290. The topological polar surface area (TPSA) is 63.2 Å². The van der Waals surface area contributed by atoms with Crippen molar-refractivity contribution in [1.29, 1.82) is 0 Å². The first-order valence-electron chi connectivity index (χ1n) is 3.96. The van der Waals surface area contributed by atoms with Crippen LogP contribution in [0.5, 0.6) is 0 Å². The largest absolute Gasteiger partial charge is 0.274 e. The molecule has 0 atom stereocenters. The van der Waals surface area contributed by atoms with Crippen molar-refractivity contribution in [2.24, 2.45) is 0 Å². The fourth-order valence-electron chi connectivity index (χ4n) is 1.25. The predicted molar refractivity (Wildman–Crippen MR) is 45.0 cm³/mol. The second kappa shape index (κ2) is 2.73. The van der Waals surface area contributed by atoms with Gasteiger partial charge in [-0.15, -0.1) is 0 Å². The van der Waals surface area contributed by atoms with Crippen LogP contribution >= 0.6 is 0 Å². The molecule has 0 aliphatic heterocycles. The quantitative estimate of drug-likeness (QED) is 0.702. The first-order valence-corrected chi connectivity index (χ1v) is 5.45. The van der Waals surface area contributed by atoms with Crippen molar-refractivity contribution in [3.05, 3.63) is 0 Å². The number of nitrogens with one attached hydrogen (secondary N) is 1. The lowest BCUT2D eigenvalue weighted by molar-refractivity contribution is -0.117. The highest BCUT2D eigenvalue weighted by Gasteiger charge is 2.53. The lowest BCUT2D eigenvalue weighted by atomic mass is 10.3. The van der Waals surface area contributed by atoms with Gasteiger partial charge in [-0.3, -0.25) is 9.52 Å². The first-order chi connectivity index (χ1) is 5.43. The minimum atomic E-state index is -3.40. The summed E-state index contributed by atoms with van der Waals surface area (Å²) in [7, 11) is -3.40. The molecule has 1 saturated carbocycles. The Hall–Kier alpha value is -0.580. The zero-order valence-corrected chi connectivity index (χ0v) is 8.07. The second-order valence-electron chi connectivity index (χ2n) is 3.20. The smallest absolute Gasteiger partial charge is 0.240 e. The second-order valence-corrected chi connectivity index (χ2v) is 5.28. The number of hydrogen-bond donors (Lipinski definition) is 1. The van der Waals surface area contributed by atoms with E-state index in [-0.39, 0.29) is 0 Å². The molecule has 1 N–H and O–H groups in total. The molecular weight excluding hydrogens is 178 g/mol. The third-order valence-corrected chi connectivity index (χ3v) is 4.69. The van der Waals surface area contributed by atoms with Crippen molar-refractivity contribution in [2.45, 2.75) is 37.9 Å². The van der Waals surface area contributed by atoms with Gasteiger partial charge in [0.1, 0.15) is 0 Å². The fraction of sp³-hybridized carbons (Fsp3) is 0.857. The van der Waals surface area contributed by atoms with Crippen molar-refractivity contribution in [3.8, 4) is 0 Å². The zero-order valence-electron chi connectivity index (χ0n) is 7.25.